The fourth-order valence-corrected chi connectivity index (χ4v) is 3.03. The smallest absolute Gasteiger partial charge is 0.253 e. The van der Waals surface area contributed by atoms with Crippen LogP contribution in [0.3, 0.4) is 0 Å². The predicted octanol–water partition coefficient (Wildman–Crippen LogP) is 3.49. The summed E-state index contributed by atoms with van der Waals surface area (Å²) in [7, 11) is 0. The van der Waals surface area contributed by atoms with Crippen LogP contribution in [0.15, 0.2) is 30.4 Å². The molecule has 0 unspecified atom stereocenters. The molecule has 0 saturated carbocycles. The molecule has 0 spiro atoms. The topological polar surface area (TPSA) is 94.2 Å². The molecular weight excluding hydrogens is 424 g/mol. The summed E-state index contributed by atoms with van der Waals surface area (Å²) in [6.45, 7) is 9.90. The van der Waals surface area contributed by atoms with Crippen molar-refractivity contribution in [1.82, 2.24) is 10.2 Å². The van der Waals surface area contributed by atoms with Crippen molar-refractivity contribution in [2.45, 2.75) is 59.0 Å². The minimum Gasteiger partial charge on any atom is -0.493 e. The Bertz CT molecular complexity index is 831. The number of carbonyl (C=O) groups is 3. The van der Waals surface area contributed by atoms with Crippen LogP contribution in [0.25, 0.3) is 0 Å². The summed E-state index contributed by atoms with van der Waals surface area (Å²) in [5.74, 6) is -0.0355. The SMILES string of the molecule is CCCCOc1cc(OCC(C)(C)OCCCC)cc(C(=O)NCCN2C(=O)C=CC2=O)c1. The number of nitrogens with one attached hydrogen (secondary N) is 1. The van der Waals surface area contributed by atoms with E-state index < -0.39 is 5.60 Å². The quantitative estimate of drug-likeness (QED) is 0.318. The molecule has 0 saturated heterocycles. The molecule has 1 N–H and O–H groups in total. The highest BCUT2D eigenvalue weighted by molar-refractivity contribution is 6.12. The van der Waals surface area contributed by atoms with Crippen LogP contribution < -0.4 is 14.8 Å². The Kier molecular flexibility index (Phi) is 10.4. The minimum atomic E-state index is -0.473. The third-order valence-electron chi connectivity index (χ3n) is 5.01. The molecule has 182 valence electrons. The second-order valence-corrected chi connectivity index (χ2v) is 8.56. The first kappa shape index (κ1) is 26.4. The van der Waals surface area contributed by atoms with Gasteiger partial charge in [0.2, 0.25) is 0 Å². The number of hydrogen-bond donors (Lipinski definition) is 1. The Morgan fingerprint density at radius 2 is 1.55 bits per heavy atom. The summed E-state index contributed by atoms with van der Waals surface area (Å²) < 4.78 is 17.7. The first-order valence-corrected chi connectivity index (χ1v) is 11.6. The van der Waals surface area contributed by atoms with Crippen LogP contribution in [0.1, 0.15) is 63.7 Å². The van der Waals surface area contributed by atoms with Crippen LogP contribution in [0.5, 0.6) is 11.5 Å². The van der Waals surface area contributed by atoms with Gasteiger partial charge in [-0.1, -0.05) is 26.7 Å². The van der Waals surface area contributed by atoms with E-state index >= 15 is 0 Å². The molecular formula is C25H36N2O6. The lowest BCUT2D eigenvalue weighted by atomic mass is 10.1. The van der Waals surface area contributed by atoms with Crippen molar-refractivity contribution in [3.8, 4) is 11.5 Å². The molecule has 1 heterocycles. The van der Waals surface area contributed by atoms with E-state index in [-0.39, 0.29) is 30.8 Å². The van der Waals surface area contributed by atoms with Gasteiger partial charge in [0.25, 0.3) is 17.7 Å². The van der Waals surface area contributed by atoms with Gasteiger partial charge in [-0.2, -0.15) is 0 Å². The van der Waals surface area contributed by atoms with Gasteiger partial charge in [-0.15, -0.1) is 0 Å². The van der Waals surface area contributed by atoms with Crippen molar-refractivity contribution in [3.05, 3.63) is 35.9 Å². The number of rotatable bonds is 15. The third kappa shape index (κ3) is 8.88. The zero-order valence-electron chi connectivity index (χ0n) is 20.1. The summed E-state index contributed by atoms with van der Waals surface area (Å²) in [4.78, 5) is 37.1. The Hall–Kier alpha value is -2.87. The molecule has 0 radical (unpaired) electrons. The van der Waals surface area contributed by atoms with E-state index in [0.29, 0.717) is 36.9 Å². The van der Waals surface area contributed by atoms with Crippen LogP contribution in [-0.4, -0.2) is 61.1 Å². The van der Waals surface area contributed by atoms with Gasteiger partial charge in [0.15, 0.2) is 0 Å². The highest BCUT2D eigenvalue weighted by atomic mass is 16.5. The lowest BCUT2D eigenvalue weighted by Gasteiger charge is -2.25. The summed E-state index contributed by atoms with van der Waals surface area (Å²) in [6.07, 6.45) is 6.38. The average Bonchev–Trinajstić information content (AvgIpc) is 3.10. The molecule has 0 bridgehead atoms. The Morgan fingerprint density at radius 1 is 0.939 bits per heavy atom. The lowest BCUT2D eigenvalue weighted by molar-refractivity contribution is -0.136. The van der Waals surface area contributed by atoms with E-state index in [4.69, 9.17) is 14.2 Å². The van der Waals surface area contributed by atoms with E-state index in [2.05, 4.69) is 19.2 Å². The molecule has 0 aliphatic carbocycles. The minimum absolute atomic E-state index is 0.107. The number of ether oxygens (including phenoxy) is 3. The highest BCUT2D eigenvalue weighted by Gasteiger charge is 2.23. The lowest BCUT2D eigenvalue weighted by Crippen LogP contribution is -2.38. The first-order chi connectivity index (χ1) is 15.8. The zero-order chi connectivity index (χ0) is 24.3. The van der Waals surface area contributed by atoms with Crippen molar-refractivity contribution in [3.63, 3.8) is 0 Å². The van der Waals surface area contributed by atoms with Crippen LogP contribution in [0.4, 0.5) is 0 Å². The monoisotopic (exact) mass is 460 g/mol. The van der Waals surface area contributed by atoms with Crippen molar-refractivity contribution >= 4 is 17.7 Å². The summed E-state index contributed by atoms with van der Waals surface area (Å²) in [5.41, 5.74) is -0.0969. The fourth-order valence-electron chi connectivity index (χ4n) is 3.03. The molecule has 3 amide bonds. The van der Waals surface area contributed by atoms with Gasteiger partial charge < -0.3 is 19.5 Å². The van der Waals surface area contributed by atoms with Crippen molar-refractivity contribution in [2.24, 2.45) is 0 Å². The number of imide groups is 1. The van der Waals surface area contributed by atoms with Gasteiger partial charge >= 0.3 is 0 Å². The van der Waals surface area contributed by atoms with Crippen molar-refractivity contribution < 1.29 is 28.6 Å². The van der Waals surface area contributed by atoms with Gasteiger partial charge in [0.05, 0.1) is 12.2 Å². The second-order valence-electron chi connectivity index (χ2n) is 8.56. The average molecular weight is 461 g/mol. The van der Waals surface area contributed by atoms with Gasteiger partial charge in [0, 0.05) is 43.5 Å². The molecule has 8 heteroatoms. The Morgan fingerprint density at radius 3 is 2.18 bits per heavy atom. The predicted molar refractivity (Wildman–Crippen MR) is 125 cm³/mol. The van der Waals surface area contributed by atoms with E-state index in [1.807, 2.05) is 13.8 Å². The molecule has 1 aromatic carbocycles. The Labute approximate surface area is 196 Å². The van der Waals surface area contributed by atoms with Crippen LogP contribution in [0.2, 0.25) is 0 Å². The van der Waals surface area contributed by atoms with E-state index in [1.54, 1.807) is 18.2 Å². The maximum absolute atomic E-state index is 12.7. The maximum Gasteiger partial charge on any atom is 0.253 e. The molecule has 1 aliphatic heterocycles. The van der Waals surface area contributed by atoms with E-state index in [0.717, 1.165) is 30.6 Å². The van der Waals surface area contributed by atoms with Gasteiger partial charge in [-0.05, 0) is 38.8 Å². The summed E-state index contributed by atoms with van der Waals surface area (Å²) in [6, 6.07) is 5.08. The molecule has 1 aromatic rings. The zero-order valence-corrected chi connectivity index (χ0v) is 20.1. The maximum atomic E-state index is 12.7. The van der Waals surface area contributed by atoms with E-state index in [1.165, 1.54) is 12.2 Å². The van der Waals surface area contributed by atoms with Crippen molar-refractivity contribution in [2.75, 3.05) is 32.9 Å². The highest BCUT2D eigenvalue weighted by Crippen LogP contribution is 2.25. The number of amides is 3. The van der Waals surface area contributed by atoms with Crippen LogP contribution in [-0.2, 0) is 14.3 Å². The molecule has 0 aromatic heterocycles. The fraction of sp³-hybridized carbons (Fsp3) is 0.560. The third-order valence-corrected chi connectivity index (χ3v) is 5.01. The van der Waals surface area contributed by atoms with Gasteiger partial charge in [-0.3, -0.25) is 19.3 Å². The number of benzene rings is 1. The summed E-state index contributed by atoms with van der Waals surface area (Å²) >= 11 is 0. The molecule has 0 atom stereocenters. The van der Waals surface area contributed by atoms with Crippen LogP contribution in [0, 0.1) is 0 Å². The second kappa shape index (κ2) is 13.0. The molecule has 2 rings (SSSR count). The number of unbranched alkanes of at least 4 members (excludes halogenated alkanes) is 2. The molecule has 1 aliphatic rings. The van der Waals surface area contributed by atoms with Gasteiger partial charge in [0.1, 0.15) is 18.1 Å². The van der Waals surface area contributed by atoms with Gasteiger partial charge in [-0.25, -0.2) is 0 Å². The standard InChI is InChI=1S/C25H36N2O6/c1-5-7-13-31-20-15-19(24(30)26-11-12-27-22(28)9-10-23(27)29)16-21(17-20)32-18-25(3,4)33-14-8-6-2/h9-10,15-17H,5-8,11-14,18H2,1-4H3,(H,26,30). The Balaban J connectivity index is 2.02. The van der Waals surface area contributed by atoms with Crippen molar-refractivity contribution in [1.29, 1.82) is 0 Å². The largest absolute Gasteiger partial charge is 0.493 e. The first-order valence-electron chi connectivity index (χ1n) is 11.6. The summed E-state index contributed by atoms with van der Waals surface area (Å²) in [5, 5.41) is 2.75. The number of nitrogens with zero attached hydrogens (tertiary/aromatic N) is 1. The molecule has 0 fully saturated rings. The normalized spacial score (nSPS) is 13.5. The van der Waals surface area contributed by atoms with E-state index in [9.17, 15) is 14.4 Å². The molecule has 8 nitrogen and oxygen atoms in total. The number of hydrogen-bond acceptors (Lipinski definition) is 6. The molecule has 33 heavy (non-hydrogen) atoms. The van der Waals surface area contributed by atoms with Crippen LogP contribution >= 0.6 is 0 Å². The number of carbonyl (C=O) groups excluding carboxylic acids is 3.